The summed E-state index contributed by atoms with van der Waals surface area (Å²) in [4.78, 5) is 35.7. The molecule has 3 atom stereocenters. The molecule has 0 aromatic carbocycles. The van der Waals surface area contributed by atoms with Crippen molar-refractivity contribution in [2.75, 3.05) is 19.4 Å². The molecule has 0 aromatic heterocycles. The van der Waals surface area contributed by atoms with Crippen LogP contribution in [0, 0.1) is 5.92 Å². The zero-order valence-electron chi connectivity index (χ0n) is 12.1. The fourth-order valence-electron chi connectivity index (χ4n) is 3.62. The number of hydrogen-bond donors (Lipinski definition) is 2. The van der Waals surface area contributed by atoms with E-state index in [0.29, 0.717) is 0 Å². The van der Waals surface area contributed by atoms with Crippen LogP contribution in [0.1, 0.15) is 6.42 Å². The summed E-state index contributed by atoms with van der Waals surface area (Å²) in [6.45, 7) is -0.211. The molecule has 3 rings (SSSR count). The van der Waals surface area contributed by atoms with Gasteiger partial charge in [0.1, 0.15) is 18.3 Å². The number of aliphatic carboxylic acids is 1. The molecule has 0 unspecified atom stereocenters. The van der Waals surface area contributed by atoms with E-state index in [1.54, 1.807) is 0 Å². The van der Waals surface area contributed by atoms with Gasteiger partial charge in [0.25, 0.3) is 0 Å². The second-order valence-electron chi connectivity index (χ2n) is 5.81. The molecule has 2 amide bonds. The normalized spacial score (nSPS) is 28.8. The van der Waals surface area contributed by atoms with Crippen LogP contribution in [0.4, 0.5) is 4.79 Å². The molecule has 3 N–H and O–H groups in total. The van der Waals surface area contributed by atoms with E-state index in [-0.39, 0.29) is 66.3 Å². The first-order valence-corrected chi connectivity index (χ1v) is 8.65. The molecule has 12 heteroatoms. The third-order valence-corrected chi connectivity index (χ3v) is 5.65. The zero-order chi connectivity index (χ0) is 17.1. The topological polar surface area (TPSA) is 147 Å². The number of rotatable bonds is 4. The van der Waals surface area contributed by atoms with Crippen LogP contribution in [0.5, 0.6) is 0 Å². The number of carbonyl (C=O) groups is 3. The number of nitrogens with zero attached hydrogens (tertiary/aromatic N) is 2. The molecule has 0 radical (unpaired) electrons. The van der Waals surface area contributed by atoms with E-state index >= 15 is 0 Å². The summed E-state index contributed by atoms with van der Waals surface area (Å²) in [6, 6.07) is -1.33. The predicted molar refractivity (Wildman–Crippen MR) is 81.4 cm³/mol. The van der Waals surface area contributed by atoms with Crippen molar-refractivity contribution >= 4 is 57.6 Å². The van der Waals surface area contributed by atoms with E-state index < -0.39 is 40.1 Å². The second kappa shape index (κ2) is 6.30. The number of amides is 2. The summed E-state index contributed by atoms with van der Waals surface area (Å²) >= 11 is 0. The third kappa shape index (κ3) is 2.84. The Hall–Kier alpha value is -1.14. The van der Waals surface area contributed by atoms with Crippen molar-refractivity contribution in [2.45, 2.75) is 18.5 Å². The molecule has 0 spiro atoms. The Morgan fingerprint density at radius 2 is 2.04 bits per heavy atom. The van der Waals surface area contributed by atoms with Crippen LogP contribution in [0.25, 0.3) is 0 Å². The molecule has 0 aromatic rings. The van der Waals surface area contributed by atoms with Crippen molar-refractivity contribution in [3.8, 4) is 0 Å². The van der Waals surface area contributed by atoms with Crippen LogP contribution in [-0.4, -0.2) is 102 Å². The molecular formula is C12H16N3NaO7S. The van der Waals surface area contributed by atoms with Crippen molar-refractivity contribution in [1.29, 1.82) is 0 Å². The molecule has 128 valence electrons. The van der Waals surface area contributed by atoms with E-state index in [2.05, 4.69) is 4.74 Å². The minimum atomic E-state index is -3.57. The van der Waals surface area contributed by atoms with Crippen molar-refractivity contribution in [1.82, 2.24) is 9.21 Å². The van der Waals surface area contributed by atoms with Gasteiger partial charge in [-0.3, -0.25) is 9.69 Å². The van der Waals surface area contributed by atoms with Crippen LogP contribution >= 0.6 is 0 Å². The van der Waals surface area contributed by atoms with Gasteiger partial charge in [-0.2, -0.15) is 4.31 Å². The molecule has 2 saturated heterocycles. The van der Waals surface area contributed by atoms with E-state index in [4.69, 9.17) is 5.73 Å². The number of primary amides is 1. The molecule has 24 heavy (non-hydrogen) atoms. The molecule has 3 aliphatic rings. The van der Waals surface area contributed by atoms with Crippen LogP contribution < -0.4 is 5.73 Å². The second-order valence-corrected chi connectivity index (χ2v) is 7.74. The minimum absolute atomic E-state index is 0. The number of sulfonamides is 1. The first-order valence-electron chi connectivity index (χ1n) is 6.80. The van der Waals surface area contributed by atoms with Gasteiger partial charge in [-0.05, 0) is 17.9 Å². The van der Waals surface area contributed by atoms with E-state index in [1.165, 1.54) is 0 Å². The predicted octanol–water partition coefficient (Wildman–Crippen LogP) is -2.35. The summed E-state index contributed by atoms with van der Waals surface area (Å²) in [6.07, 6.45) is 0.191. The number of ether oxygens (including phenoxy) is 1. The maximum absolute atomic E-state index is 12.3. The first-order chi connectivity index (χ1) is 10.6. The molecular weight excluding hydrogens is 353 g/mol. The standard InChI is InChI=1S/C12H15N3O7S.Na.H/c1-23(20,21)14-3-5-2-6(4-22-12(13)19)8(11(17)18)15-7(5)9(14)10(15)16;;/h5,7,9H,2-4H2,1H3,(H2,13,19)(H,17,18);;/t5-,7-,9+;;/m1../s1. The SMILES string of the molecule is CS(=O)(=O)N1C[C@H]2CC(COC(N)=O)=C(C(=O)O)N3C(=O)[C@@H]1[C@@H]23.[NaH]. The fourth-order valence-corrected chi connectivity index (χ4v) is 4.71. The first kappa shape index (κ1) is 19.2. The van der Waals surface area contributed by atoms with Gasteiger partial charge < -0.3 is 15.6 Å². The molecule has 0 bridgehead atoms. The van der Waals surface area contributed by atoms with Crippen molar-refractivity contribution < 1.29 is 32.6 Å². The quantitative estimate of drug-likeness (QED) is 0.416. The maximum atomic E-state index is 12.3. The summed E-state index contributed by atoms with van der Waals surface area (Å²) in [7, 11) is -3.57. The van der Waals surface area contributed by atoms with Gasteiger partial charge in [-0.1, -0.05) is 0 Å². The van der Waals surface area contributed by atoms with E-state index in [1.807, 2.05) is 0 Å². The van der Waals surface area contributed by atoms with Gasteiger partial charge in [0, 0.05) is 6.54 Å². The fraction of sp³-hybridized carbons (Fsp3) is 0.583. The Labute approximate surface area is 159 Å². The Kier molecular flexibility index (Phi) is 5.04. The van der Waals surface area contributed by atoms with Gasteiger partial charge >= 0.3 is 41.6 Å². The number of carbonyl (C=O) groups excluding carboxylic acids is 2. The Balaban J connectivity index is 0.00000208. The van der Waals surface area contributed by atoms with E-state index in [9.17, 15) is 27.9 Å². The van der Waals surface area contributed by atoms with Gasteiger partial charge in [0.05, 0.1) is 12.3 Å². The molecule has 3 aliphatic heterocycles. The van der Waals surface area contributed by atoms with Gasteiger partial charge in [-0.15, -0.1) is 0 Å². The number of β-lactam (4-membered cyclic amide) rings is 1. The number of nitrogens with two attached hydrogens (primary N) is 1. The monoisotopic (exact) mass is 369 g/mol. The Bertz CT molecular complexity index is 750. The molecule has 10 nitrogen and oxygen atoms in total. The van der Waals surface area contributed by atoms with Crippen LogP contribution in [-0.2, 0) is 24.3 Å². The van der Waals surface area contributed by atoms with Crippen LogP contribution in [0.15, 0.2) is 11.3 Å². The van der Waals surface area contributed by atoms with Crippen molar-refractivity contribution in [3.63, 3.8) is 0 Å². The Morgan fingerprint density at radius 3 is 2.54 bits per heavy atom. The summed E-state index contributed by atoms with van der Waals surface area (Å²) in [5.41, 5.74) is 4.89. The molecule has 0 aliphatic carbocycles. The number of carboxylic acids is 1. The van der Waals surface area contributed by atoms with Crippen LogP contribution in [0.2, 0.25) is 0 Å². The molecule has 3 heterocycles. The van der Waals surface area contributed by atoms with E-state index in [0.717, 1.165) is 15.5 Å². The van der Waals surface area contributed by atoms with Gasteiger partial charge in [-0.25, -0.2) is 18.0 Å². The Morgan fingerprint density at radius 1 is 1.42 bits per heavy atom. The van der Waals surface area contributed by atoms with Gasteiger partial charge in [0.2, 0.25) is 15.9 Å². The third-order valence-electron chi connectivity index (χ3n) is 4.42. The summed E-state index contributed by atoms with van der Waals surface area (Å²) < 4.78 is 29.4. The average Bonchev–Trinajstić information content (AvgIpc) is 2.79. The van der Waals surface area contributed by atoms with Crippen molar-refractivity contribution in [3.05, 3.63) is 11.3 Å². The number of carboxylic acid groups (broad SMARTS) is 1. The van der Waals surface area contributed by atoms with Crippen molar-refractivity contribution in [2.24, 2.45) is 11.7 Å². The average molecular weight is 369 g/mol. The zero-order valence-corrected chi connectivity index (χ0v) is 12.9. The molecule has 2 fully saturated rings. The summed E-state index contributed by atoms with van der Waals surface area (Å²) in [5.74, 6) is -2.13. The number of hydrogen-bond acceptors (Lipinski definition) is 6. The van der Waals surface area contributed by atoms with Gasteiger partial charge in [0.15, 0.2) is 0 Å². The summed E-state index contributed by atoms with van der Waals surface area (Å²) in [5, 5.41) is 9.38. The van der Waals surface area contributed by atoms with Crippen LogP contribution in [0.3, 0.4) is 0 Å². The molecule has 0 saturated carbocycles.